The van der Waals surface area contributed by atoms with Crippen molar-refractivity contribution in [2.24, 2.45) is 0 Å². The molecule has 1 aromatic heterocycles. The van der Waals surface area contributed by atoms with Gasteiger partial charge in [-0.15, -0.1) is 5.56 Å². The predicted molar refractivity (Wildman–Crippen MR) is 202 cm³/mol. The zero-order valence-corrected chi connectivity index (χ0v) is 33.3. The molecule has 0 aliphatic carbocycles. The summed E-state index contributed by atoms with van der Waals surface area (Å²) in [5.41, 5.74) is 9.67. The molecular weight excluding hydrogens is 742 g/mol. The summed E-state index contributed by atoms with van der Waals surface area (Å²) in [5.74, 6) is 1.98. The summed E-state index contributed by atoms with van der Waals surface area (Å²) in [6, 6.07) is 30.5. The summed E-state index contributed by atoms with van der Waals surface area (Å²) in [6.45, 7) is 21.3. The van der Waals surface area contributed by atoms with Crippen LogP contribution in [0.25, 0.3) is 0 Å². The van der Waals surface area contributed by atoms with Gasteiger partial charge in [0.2, 0.25) is 6.34 Å². The van der Waals surface area contributed by atoms with Crippen molar-refractivity contribution in [3.8, 4) is 0 Å². The van der Waals surface area contributed by atoms with Gasteiger partial charge < -0.3 is 19.1 Å². The van der Waals surface area contributed by atoms with E-state index in [1.807, 2.05) is 36.4 Å². The van der Waals surface area contributed by atoms with Crippen LogP contribution in [0.15, 0.2) is 91.3 Å². The summed E-state index contributed by atoms with van der Waals surface area (Å²) in [5, 5.41) is 0. The summed E-state index contributed by atoms with van der Waals surface area (Å²) in [4.78, 5) is 8.30. The second kappa shape index (κ2) is 24.8. The Hall–Kier alpha value is -3.31. The average molecular weight is 797 g/mol. The van der Waals surface area contributed by atoms with Crippen LogP contribution in [0.5, 0.6) is 0 Å². The van der Waals surface area contributed by atoms with Crippen LogP contribution in [0.1, 0.15) is 107 Å². The van der Waals surface area contributed by atoms with Crippen molar-refractivity contribution in [3.05, 3.63) is 125 Å². The molecule has 282 valence electrons. The van der Waals surface area contributed by atoms with E-state index in [1.165, 1.54) is 39.2 Å². The zero-order chi connectivity index (χ0) is 36.5. The molecule has 4 nitrogen and oxygen atoms in total. The Kier molecular flexibility index (Phi) is 23.2. The summed E-state index contributed by atoms with van der Waals surface area (Å²) < 4.78 is 31.4. The molecule has 0 radical (unpaired) electrons. The van der Waals surface area contributed by atoms with Crippen LogP contribution in [0.2, 0.25) is 0 Å². The van der Waals surface area contributed by atoms with Crippen molar-refractivity contribution < 1.29 is 42.6 Å². The number of hydrogen-bond donors (Lipinski definition) is 0. The molecule has 0 spiro atoms. The maximum atomic E-state index is 9.67. The van der Waals surface area contributed by atoms with E-state index >= 15 is 0 Å². The van der Waals surface area contributed by atoms with Crippen LogP contribution in [0.3, 0.4) is 0 Å². The standard InChI is InChI=1S/C27H38N2.C9H12N.C5H5N.BF3.FH.Pd/c1-18(2)22-11-9-12-23(19(3)4)26(22)28-15-16-29(17-28)27-24(20(5)6)13-10-14-25(27)21(7)8;1-10(2)8-9-6-4-3-5-7-9;1-2-4-6-5-3-1;2-1(3)4;;/h9-14,18-21H,15-16H2,1-8H3;3-6H,8H2,1-2H3;1-5H;;1H;/q;-1;;;;/p-1. The minimum absolute atomic E-state index is 0. The van der Waals surface area contributed by atoms with Crippen LogP contribution in [0, 0.1) is 6.07 Å². The van der Waals surface area contributed by atoms with Gasteiger partial charge >= 0.3 is 7.54 Å². The van der Waals surface area contributed by atoms with Gasteiger partial charge in [0.25, 0.3) is 0 Å². The molecule has 1 aliphatic heterocycles. The van der Waals surface area contributed by atoms with Crippen LogP contribution in [0.4, 0.5) is 24.3 Å². The Balaban J connectivity index is 0.000000925. The largest absolute Gasteiger partial charge is 1.00 e. The molecule has 0 unspecified atom stereocenters. The first-order chi connectivity index (χ1) is 23.2. The Bertz CT molecular complexity index is 1450. The molecule has 3 aromatic carbocycles. The van der Waals surface area contributed by atoms with Crippen molar-refractivity contribution in [1.29, 1.82) is 0 Å². The third kappa shape index (κ3) is 16.3. The molecule has 0 saturated carbocycles. The predicted octanol–water partition coefficient (Wildman–Crippen LogP) is 7.76. The number of halogens is 4. The third-order valence-electron chi connectivity index (χ3n) is 7.84. The van der Waals surface area contributed by atoms with Crippen molar-refractivity contribution in [2.75, 3.05) is 32.1 Å². The number of hydrogen-bond acceptors (Lipinski definition) is 3. The number of anilines is 1. The Morgan fingerprint density at radius 2 is 1.20 bits per heavy atom. The Morgan fingerprint density at radius 3 is 1.55 bits per heavy atom. The number of pyridine rings is 1. The molecule has 1 aliphatic rings. The van der Waals surface area contributed by atoms with Crippen molar-refractivity contribution >= 4 is 25.3 Å². The number of aromatic nitrogens is 1. The zero-order valence-electron chi connectivity index (χ0n) is 31.8. The van der Waals surface area contributed by atoms with Gasteiger partial charge in [-0.3, -0.25) is 17.9 Å². The first-order valence-corrected chi connectivity index (χ1v) is 17.2. The quantitative estimate of drug-likeness (QED) is 0.0789. The summed E-state index contributed by atoms with van der Waals surface area (Å²) >= 11 is 0. The minimum Gasteiger partial charge on any atom is -1.00 e. The number of nitrogens with zero attached hydrogens (tertiary/aromatic N) is 4. The van der Waals surface area contributed by atoms with Gasteiger partial charge in [0.15, 0.2) is 0 Å². The van der Waals surface area contributed by atoms with E-state index in [2.05, 4.69) is 144 Å². The van der Waals surface area contributed by atoms with Gasteiger partial charge in [-0.1, -0.05) is 120 Å². The molecule has 0 N–H and O–H groups in total. The van der Waals surface area contributed by atoms with Gasteiger partial charge in [-0.05, 0) is 49.9 Å². The van der Waals surface area contributed by atoms with Gasteiger partial charge in [-0.25, -0.2) is 0 Å². The molecule has 0 saturated heterocycles. The van der Waals surface area contributed by atoms with E-state index in [0.717, 1.165) is 19.6 Å². The first kappa shape index (κ1) is 47.7. The van der Waals surface area contributed by atoms with Crippen molar-refractivity contribution in [2.45, 2.75) is 85.6 Å². The normalized spacial score (nSPS) is 11.8. The fraction of sp³-hybridized carbons (Fsp3) is 0.415. The molecule has 10 heteroatoms. The van der Waals surface area contributed by atoms with Gasteiger partial charge in [-0.2, -0.15) is 30.3 Å². The molecule has 0 atom stereocenters. The van der Waals surface area contributed by atoms with E-state index in [-0.39, 0.29) is 25.1 Å². The van der Waals surface area contributed by atoms with Crippen molar-refractivity contribution in [1.82, 2.24) is 9.88 Å². The average Bonchev–Trinajstić information content (AvgIpc) is 3.55. The molecular formula is C41H55BF4N4Pd-2. The maximum absolute atomic E-state index is 9.67. The maximum Gasteiger partial charge on any atom is 0.762 e. The van der Waals surface area contributed by atoms with E-state index < -0.39 is 7.54 Å². The second-order valence-electron chi connectivity index (χ2n) is 13.5. The Labute approximate surface area is 319 Å². The molecule has 0 fully saturated rings. The molecule has 5 rings (SSSR count). The molecule has 51 heavy (non-hydrogen) atoms. The third-order valence-corrected chi connectivity index (χ3v) is 7.84. The SMILES string of the molecule is CC(C)c1cccc(C(C)C)c1N1[C-]=[N+](c2c(C(C)C)cccc2C(C)C)CC1.CN(C)Cc1[c-]cccc1.FB(F)F.[F-].[Pd].c1ccncc1. The molecule has 0 amide bonds. The minimum atomic E-state index is -3.67. The number of para-hydroxylation sites is 2. The van der Waals surface area contributed by atoms with Crippen LogP contribution in [-0.2, 0) is 27.0 Å². The van der Waals surface area contributed by atoms with E-state index in [9.17, 15) is 12.9 Å². The summed E-state index contributed by atoms with van der Waals surface area (Å²) in [7, 11) is 0.446. The van der Waals surface area contributed by atoms with Gasteiger partial charge in [0, 0.05) is 50.7 Å². The molecule has 4 aromatic rings. The van der Waals surface area contributed by atoms with E-state index in [0.29, 0.717) is 23.7 Å². The van der Waals surface area contributed by atoms with Crippen molar-refractivity contribution in [3.63, 3.8) is 0 Å². The van der Waals surface area contributed by atoms with Gasteiger partial charge in [0.1, 0.15) is 13.1 Å². The van der Waals surface area contributed by atoms with E-state index in [1.54, 1.807) is 12.4 Å². The van der Waals surface area contributed by atoms with E-state index in [4.69, 9.17) is 0 Å². The van der Waals surface area contributed by atoms with Crippen LogP contribution < -0.4 is 9.60 Å². The van der Waals surface area contributed by atoms with Gasteiger partial charge in [0.05, 0.1) is 0 Å². The first-order valence-electron chi connectivity index (χ1n) is 17.2. The summed E-state index contributed by atoms with van der Waals surface area (Å²) in [6.07, 6.45) is 7.27. The molecule has 2 heterocycles. The monoisotopic (exact) mass is 796 g/mol. The second-order valence-corrected chi connectivity index (χ2v) is 13.5. The fourth-order valence-corrected chi connectivity index (χ4v) is 5.60. The topological polar surface area (TPSA) is 22.4 Å². The smallest absolute Gasteiger partial charge is 0.762 e. The fourth-order valence-electron chi connectivity index (χ4n) is 5.60. The number of benzene rings is 3. The number of rotatable bonds is 8. The van der Waals surface area contributed by atoms with Crippen LogP contribution >= 0.6 is 0 Å². The van der Waals surface area contributed by atoms with Crippen LogP contribution in [-0.4, -0.2) is 55.5 Å². The Morgan fingerprint density at radius 1 is 0.725 bits per heavy atom. The molecule has 0 bridgehead atoms.